The van der Waals surface area contributed by atoms with Crippen LogP contribution < -0.4 is 10.2 Å². The molecule has 96 valence electrons. The second kappa shape index (κ2) is 5.79. The van der Waals surface area contributed by atoms with E-state index in [4.69, 9.17) is 5.11 Å². The Morgan fingerprint density at radius 3 is 2.94 bits per heavy atom. The van der Waals surface area contributed by atoms with Gasteiger partial charge < -0.3 is 15.3 Å². The summed E-state index contributed by atoms with van der Waals surface area (Å²) in [6, 6.07) is 3.93. The average Bonchev–Trinajstić information content (AvgIpc) is 2.76. The maximum Gasteiger partial charge on any atom is 0.136 e. The van der Waals surface area contributed by atoms with Crippen LogP contribution in [0.1, 0.15) is 5.56 Å². The number of anilines is 3. The Labute approximate surface area is 110 Å². The molecule has 2 N–H and O–H groups in total. The largest absolute Gasteiger partial charge is 0.395 e. The molecule has 2 heterocycles. The number of aliphatic hydroxyl groups is 1. The molecule has 0 radical (unpaired) electrons. The zero-order valence-corrected chi connectivity index (χ0v) is 11.2. The van der Waals surface area contributed by atoms with Gasteiger partial charge >= 0.3 is 0 Å². The molecule has 0 unspecified atom stereocenters. The fourth-order valence-electron chi connectivity index (χ4n) is 1.51. The van der Waals surface area contributed by atoms with Gasteiger partial charge in [-0.25, -0.2) is 9.97 Å². The quantitative estimate of drug-likeness (QED) is 0.865. The Morgan fingerprint density at radius 1 is 1.44 bits per heavy atom. The molecule has 0 aliphatic carbocycles. The van der Waals surface area contributed by atoms with Gasteiger partial charge in [-0.3, -0.25) is 0 Å². The lowest BCUT2D eigenvalue weighted by molar-refractivity contribution is 0.304. The van der Waals surface area contributed by atoms with E-state index in [2.05, 4.69) is 28.3 Å². The van der Waals surface area contributed by atoms with E-state index in [1.807, 2.05) is 23.4 Å². The number of aromatic nitrogens is 2. The molecule has 0 aliphatic heterocycles. The molecule has 0 saturated carbocycles. The van der Waals surface area contributed by atoms with E-state index in [-0.39, 0.29) is 6.61 Å². The predicted octanol–water partition coefficient (Wildman–Crippen LogP) is 2.02. The average molecular weight is 264 g/mol. The molecule has 0 aromatic carbocycles. The highest BCUT2D eigenvalue weighted by molar-refractivity contribution is 7.14. The van der Waals surface area contributed by atoms with Gasteiger partial charge in [0.05, 0.1) is 11.6 Å². The summed E-state index contributed by atoms with van der Waals surface area (Å²) in [5.41, 5.74) is 1.20. The number of likely N-dealkylation sites (N-methyl/N-ethyl adjacent to an activating group) is 1. The first kappa shape index (κ1) is 12.8. The second-order valence-electron chi connectivity index (χ2n) is 3.96. The first-order valence-corrected chi connectivity index (χ1v) is 6.54. The van der Waals surface area contributed by atoms with Crippen LogP contribution >= 0.6 is 11.3 Å². The number of aryl methyl sites for hydroxylation is 1. The number of nitrogens with zero attached hydrogens (tertiary/aromatic N) is 3. The number of aliphatic hydroxyl groups excluding tert-OH is 1. The minimum absolute atomic E-state index is 0.104. The lowest BCUT2D eigenvalue weighted by Crippen LogP contribution is -2.22. The van der Waals surface area contributed by atoms with E-state index in [1.54, 1.807) is 11.3 Å². The Hall–Kier alpha value is -1.66. The van der Waals surface area contributed by atoms with Crippen molar-refractivity contribution >= 4 is 28.0 Å². The lowest BCUT2D eigenvalue weighted by Gasteiger charge is -2.16. The van der Waals surface area contributed by atoms with Gasteiger partial charge in [-0.15, -0.1) is 11.3 Å². The third kappa shape index (κ3) is 2.96. The summed E-state index contributed by atoms with van der Waals surface area (Å²) >= 11 is 1.64. The van der Waals surface area contributed by atoms with Crippen LogP contribution in [0.2, 0.25) is 0 Å². The first-order valence-electron chi connectivity index (χ1n) is 5.66. The number of hydrogen-bond donors (Lipinski definition) is 2. The van der Waals surface area contributed by atoms with Gasteiger partial charge in [-0.05, 0) is 23.9 Å². The van der Waals surface area contributed by atoms with Crippen LogP contribution in [0.25, 0.3) is 0 Å². The fourth-order valence-corrected chi connectivity index (χ4v) is 2.33. The molecule has 6 heteroatoms. The van der Waals surface area contributed by atoms with Crippen molar-refractivity contribution in [2.24, 2.45) is 0 Å². The summed E-state index contributed by atoms with van der Waals surface area (Å²) in [6.45, 7) is 2.71. The minimum Gasteiger partial charge on any atom is -0.395 e. The van der Waals surface area contributed by atoms with Gasteiger partial charge in [0.1, 0.15) is 18.0 Å². The summed E-state index contributed by atoms with van der Waals surface area (Å²) in [6.07, 6.45) is 1.52. The van der Waals surface area contributed by atoms with Crippen molar-refractivity contribution in [1.82, 2.24) is 9.97 Å². The molecule has 0 spiro atoms. The Kier molecular flexibility index (Phi) is 4.11. The number of rotatable bonds is 5. The topological polar surface area (TPSA) is 61.3 Å². The predicted molar refractivity (Wildman–Crippen MR) is 74.7 cm³/mol. The molecule has 0 aliphatic rings. The van der Waals surface area contributed by atoms with Gasteiger partial charge in [0.2, 0.25) is 0 Å². The van der Waals surface area contributed by atoms with Crippen molar-refractivity contribution in [3.05, 3.63) is 29.4 Å². The molecule has 2 aromatic heterocycles. The monoisotopic (exact) mass is 264 g/mol. The lowest BCUT2D eigenvalue weighted by atomic mass is 10.3. The number of hydrogen-bond acceptors (Lipinski definition) is 6. The molecule has 0 saturated heterocycles. The van der Waals surface area contributed by atoms with E-state index < -0.39 is 0 Å². The fraction of sp³-hybridized carbons (Fsp3) is 0.333. The van der Waals surface area contributed by atoms with Crippen LogP contribution in [0.3, 0.4) is 0 Å². The zero-order valence-electron chi connectivity index (χ0n) is 10.4. The van der Waals surface area contributed by atoms with Crippen LogP contribution in [0.15, 0.2) is 23.8 Å². The van der Waals surface area contributed by atoms with Crippen LogP contribution in [0.5, 0.6) is 0 Å². The molecule has 2 aromatic rings. The standard InChI is InChI=1S/C12H16N4OS/c1-9-3-6-18-12(9)15-10-7-11(14-8-13-10)16(2)4-5-17/h3,6-8,17H,4-5H2,1-2H3,(H,13,14,15). The first-order chi connectivity index (χ1) is 8.70. The van der Waals surface area contributed by atoms with Gasteiger partial charge in [0.25, 0.3) is 0 Å². The molecule has 0 fully saturated rings. The van der Waals surface area contributed by atoms with Crippen molar-refractivity contribution < 1.29 is 5.11 Å². The molecule has 0 amide bonds. The van der Waals surface area contributed by atoms with E-state index in [1.165, 1.54) is 11.9 Å². The van der Waals surface area contributed by atoms with Crippen LogP contribution in [-0.4, -0.2) is 35.3 Å². The maximum atomic E-state index is 8.91. The molecule has 0 bridgehead atoms. The molecule has 5 nitrogen and oxygen atoms in total. The van der Waals surface area contributed by atoms with Gasteiger partial charge in [-0.2, -0.15) is 0 Å². The van der Waals surface area contributed by atoms with Crippen LogP contribution in [0.4, 0.5) is 16.6 Å². The van der Waals surface area contributed by atoms with Crippen molar-refractivity contribution in [3.63, 3.8) is 0 Å². The number of nitrogens with one attached hydrogen (secondary N) is 1. The smallest absolute Gasteiger partial charge is 0.136 e. The molecular weight excluding hydrogens is 248 g/mol. The SMILES string of the molecule is Cc1ccsc1Nc1cc(N(C)CCO)ncn1. The van der Waals surface area contributed by atoms with E-state index in [9.17, 15) is 0 Å². The summed E-state index contributed by atoms with van der Waals surface area (Å²) in [5.74, 6) is 1.55. The normalized spacial score (nSPS) is 10.4. The second-order valence-corrected chi connectivity index (χ2v) is 4.88. The third-order valence-electron chi connectivity index (χ3n) is 2.58. The molecule has 0 atom stereocenters. The summed E-state index contributed by atoms with van der Waals surface area (Å²) in [5, 5.41) is 15.3. The van der Waals surface area contributed by atoms with Gasteiger partial charge in [-0.1, -0.05) is 0 Å². The summed E-state index contributed by atoms with van der Waals surface area (Å²) < 4.78 is 0. The Bertz CT molecular complexity index is 514. The van der Waals surface area contributed by atoms with Crippen molar-refractivity contribution in [1.29, 1.82) is 0 Å². The third-order valence-corrected chi connectivity index (χ3v) is 3.51. The molecular formula is C12H16N4OS. The Morgan fingerprint density at radius 2 is 2.28 bits per heavy atom. The summed E-state index contributed by atoms with van der Waals surface area (Å²) in [7, 11) is 1.89. The van der Waals surface area contributed by atoms with Crippen molar-refractivity contribution in [2.75, 3.05) is 30.4 Å². The van der Waals surface area contributed by atoms with Crippen molar-refractivity contribution in [3.8, 4) is 0 Å². The Balaban J connectivity index is 2.15. The van der Waals surface area contributed by atoms with E-state index >= 15 is 0 Å². The maximum absolute atomic E-state index is 8.91. The highest BCUT2D eigenvalue weighted by Gasteiger charge is 2.05. The van der Waals surface area contributed by atoms with Crippen LogP contribution in [-0.2, 0) is 0 Å². The zero-order chi connectivity index (χ0) is 13.0. The number of thiophene rings is 1. The van der Waals surface area contributed by atoms with Gasteiger partial charge in [0, 0.05) is 19.7 Å². The van der Waals surface area contributed by atoms with E-state index in [0.717, 1.165) is 16.6 Å². The van der Waals surface area contributed by atoms with E-state index in [0.29, 0.717) is 6.54 Å². The van der Waals surface area contributed by atoms with Crippen LogP contribution in [0, 0.1) is 6.92 Å². The van der Waals surface area contributed by atoms with Gasteiger partial charge in [0.15, 0.2) is 0 Å². The highest BCUT2D eigenvalue weighted by atomic mass is 32.1. The molecule has 2 rings (SSSR count). The van der Waals surface area contributed by atoms with Crippen molar-refractivity contribution in [2.45, 2.75) is 6.92 Å². The highest BCUT2D eigenvalue weighted by Crippen LogP contribution is 2.26. The minimum atomic E-state index is 0.104. The molecule has 18 heavy (non-hydrogen) atoms. The summed E-state index contributed by atoms with van der Waals surface area (Å²) in [4.78, 5) is 10.3.